The predicted octanol–water partition coefficient (Wildman–Crippen LogP) is 3.08. The Hall–Kier alpha value is -1.94. The predicted molar refractivity (Wildman–Crippen MR) is 69.1 cm³/mol. The van der Waals surface area contributed by atoms with Crippen molar-refractivity contribution in [2.75, 3.05) is 12.1 Å². The molecule has 5 heteroatoms. The zero-order valence-corrected chi connectivity index (χ0v) is 10.3. The second-order valence-electron chi connectivity index (χ2n) is 3.90. The lowest BCUT2D eigenvalue weighted by Crippen LogP contribution is -2.00. The van der Waals surface area contributed by atoms with E-state index in [0.717, 1.165) is 22.9 Å². The van der Waals surface area contributed by atoms with Crippen LogP contribution in [0.5, 0.6) is 11.5 Å². The van der Waals surface area contributed by atoms with E-state index in [1.807, 2.05) is 18.2 Å². The first-order chi connectivity index (χ1) is 8.81. The van der Waals surface area contributed by atoms with E-state index >= 15 is 0 Å². The van der Waals surface area contributed by atoms with Crippen LogP contribution in [0.1, 0.15) is 5.56 Å². The van der Waals surface area contributed by atoms with Crippen LogP contribution in [0.15, 0.2) is 36.5 Å². The average molecular weight is 263 g/mol. The van der Waals surface area contributed by atoms with Gasteiger partial charge in [0, 0.05) is 17.8 Å². The fourth-order valence-corrected chi connectivity index (χ4v) is 1.90. The summed E-state index contributed by atoms with van der Waals surface area (Å²) in [5, 5.41) is 3.87. The Balaban J connectivity index is 1.70. The van der Waals surface area contributed by atoms with Gasteiger partial charge in [-0.2, -0.15) is 0 Å². The van der Waals surface area contributed by atoms with Gasteiger partial charge < -0.3 is 14.8 Å². The summed E-state index contributed by atoms with van der Waals surface area (Å²) in [4.78, 5) is 4.18. The van der Waals surface area contributed by atoms with Gasteiger partial charge in [0.05, 0.1) is 0 Å². The van der Waals surface area contributed by atoms with E-state index in [0.29, 0.717) is 18.4 Å². The molecule has 1 aliphatic heterocycles. The van der Waals surface area contributed by atoms with E-state index in [-0.39, 0.29) is 0 Å². The number of ether oxygens (including phenoxy) is 2. The summed E-state index contributed by atoms with van der Waals surface area (Å²) in [5.41, 5.74) is 1.10. The van der Waals surface area contributed by atoms with Crippen LogP contribution < -0.4 is 14.8 Å². The van der Waals surface area contributed by atoms with Gasteiger partial charge in [-0.05, 0) is 29.8 Å². The van der Waals surface area contributed by atoms with Crippen molar-refractivity contribution in [2.24, 2.45) is 0 Å². The minimum Gasteiger partial charge on any atom is -0.454 e. The molecular formula is C13H11ClN2O2. The van der Waals surface area contributed by atoms with Gasteiger partial charge in [-0.3, -0.25) is 0 Å². The zero-order chi connectivity index (χ0) is 12.4. The number of benzene rings is 1. The van der Waals surface area contributed by atoms with Gasteiger partial charge in [0.1, 0.15) is 5.82 Å². The van der Waals surface area contributed by atoms with Gasteiger partial charge in [0.25, 0.3) is 0 Å². The van der Waals surface area contributed by atoms with Crippen molar-refractivity contribution in [1.29, 1.82) is 0 Å². The molecule has 2 heterocycles. The Bertz CT molecular complexity index is 575. The van der Waals surface area contributed by atoms with Crippen LogP contribution in [0.4, 0.5) is 5.82 Å². The lowest BCUT2D eigenvalue weighted by atomic mass is 10.2. The highest BCUT2D eigenvalue weighted by Crippen LogP contribution is 2.32. The van der Waals surface area contributed by atoms with Crippen molar-refractivity contribution in [1.82, 2.24) is 4.98 Å². The van der Waals surface area contributed by atoms with Crippen LogP contribution >= 0.6 is 11.6 Å². The molecule has 0 fully saturated rings. The first-order valence-corrected chi connectivity index (χ1v) is 5.93. The van der Waals surface area contributed by atoms with Crippen molar-refractivity contribution >= 4 is 17.4 Å². The van der Waals surface area contributed by atoms with Gasteiger partial charge in [0.2, 0.25) is 6.79 Å². The molecular weight excluding hydrogens is 252 g/mol. The summed E-state index contributed by atoms with van der Waals surface area (Å²) < 4.78 is 10.6. The van der Waals surface area contributed by atoms with Gasteiger partial charge in [-0.15, -0.1) is 0 Å². The Morgan fingerprint density at radius 3 is 2.94 bits per heavy atom. The number of aromatic nitrogens is 1. The Morgan fingerprint density at radius 2 is 2.06 bits per heavy atom. The quantitative estimate of drug-likeness (QED) is 0.923. The number of fused-ring (bicyclic) bond motifs is 1. The van der Waals surface area contributed by atoms with Crippen LogP contribution in [-0.4, -0.2) is 11.8 Å². The SMILES string of the molecule is Clc1ccnc(NCc2ccc3c(c2)OCO3)c1. The third-order valence-corrected chi connectivity index (χ3v) is 2.87. The normalized spacial score (nSPS) is 12.5. The molecule has 3 rings (SSSR count). The molecule has 0 radical (unpaired) electrons. The molecule has 0 saturated carbocycles. The second-order valence-corrected chi connectivity index (χ2v) is 4.34. The number of nitrogens with one attached hydrogen (secondary N) is 1. The molecule has 92 valence electrons. The monoisotopic (exact) mass is 262 g/mol. The number of hydrogen-bond donors (Lipinski definition) is 1. The van der Waals surface area contributed by atoms with Crippen molar-refractivity contribution < 1.29 is 9.47 Å². The van der Waals surface area contributed by atoms with E-state index in [2.05, 4.69) is 10.3 Å². The van der Waals surface area contributed by atoms with Gasteiger partial charge in [0.15, 0.2) is 11.5 Å². The van der Waals surface area contributed by atoms with Gasteiger partial charge in [-0.25, -0.2) is 4.98 Å². The number of anilines is 1. The van der Waals surface area contributed by atoms with Gasteiger partial charge in [-0.1, -0.05) is 17.7 Å². The molecule has 0 amide bonds. The Labute approximate surface area is 110 Å². The zero-order valence-electron chi connectivity index (χ0n) is 9.52. The summed E-state index contributed by atoms with van der Waals surface area (Å²) >= 11 is 5.89. The first kappa shape index (κ1) is 11.2. The highest BCUT2D eigenvalue weighted by atomic mass is 35.5. The summed E-state index contributed by atoms with van der Waals surface area (Å²) in [7, 11) is 0. The molecule has 2 aromatic rings. The summed E-state index contributed by atoms with van der Waals surface area (Å²) in [6.45, 7) is 0.950. The van der Waals surface area contributed by atoms with E-state index < -0.39 is 0 Å². The lowest BCUT2D eigenvalue weighted by Gasteiger charge is -2.06. The summed E-state index contributed by atoms with van der Waals surface area (Å²) in [6.07, 6.45) is 1.67. The standard InChI is InChI=1S/C13H11ClN2O2/c14-10-3-4-15-13(6-10)16-7-9-1-2-11-12(5-9)18-8-17-11/h1-6H,7-8H2,(H,15,16). The van der Waals surface area contributed by atoms with E-state index in [1.54, 1.807) is 18.3 Å². The number of nitrogens with zero attached hydrogens (tertiary/aromatic N) is 1. The molecule has 0 atom stereocenters. The molecule has 1 aromatic heterocycles. The molecule has 4 nitrogen and oxygen atoms in total. The van der Waals surface area contributed by atoms with E-state index in [9.17, 15) is 0 Å². The van der Waals surface area contributed by atoms with Crippen LogP contribution in [0.25, 0.3) is 0 Å². The van der Waals surface area contributed by atoms with Crippen molar-refractivity contribution in [3.05, 3.63) is 47.1 Å². The fourth-order valence-electron chi connectivity index (χ4n) is 1.74. The Kier molecular flexibility index (Phi) is 2.94. The van der Waals surface area contributed by atoms with Crippen LogP contribution in [0.3, 0.4) is 0 Å². The van der Waals surface area contributed by atoms with E-state index in [1.165, 1.54) is 0 Å². The molecule has 0 aliphatic carbocycles. The third kappa shape index (κ3) is 2.33. The van der Waals surface area contributed by atoms with E-state index in [4.69, 9.17) is 21.1 Å². The molecule has 0 bridgehead atoms. The number of halogens is 1. The maximum atomic E-state index is 5.89. The molecule has 18 heavy (non-hydrogen) atoms. The van der Waals surface area contributed by atoms with Crippen molar-refractivity contribution in [3.63, 3.8) is 0 Å². The van der Waals surface area contributed by atoms with Crippen molar-refractivity contribution in [3.8, 4) is 11.5 Å². The minimum absolute atomic E-state index is 0.294. The fraction of sp³-hybridized carbons (Fsp3) is 0.154. The number of hydrogen-bond acceptors (Lipinski definition) is 4. The van der Waals surface area contributed by atoms with Crippen LogP contribution in [0.2, 0.25) is 5.02 Å². The molecule has 0 unspecified atom stereocenters. The summed E-state index contributed by atoms with van der Waals surface area (Å²) in [5.74, 6) is 2.33. The maximum absolute atomic E-state index is 5.89. The highest BCUT2D eigenvalue weighted by Gasteiger charge is 2.12. The average Bonchev–Trinajstić information content (AvgIpc) is 2.84. The number of pyridine rings is 1. The minimum atomic E-state index is 0.294. The maximum Gasteiger partial charge on any atom is 0.231 e. The Morgan fingerprint density at radius 1 is 1.17 bits per heavy atom. The molecule has 0 spiro atoms. The van der Waals surface area contributed by atoms with Crippen LogP contribution in [-0.2, 0) is 6.54 Å². The first-order valence-electron chi connectivity index (χ1n) is 5.55. The van der Waals surface area contributed by atoms with Gasteiger partial charge >= 0.3 is 0 Å². The molecule has 1 N–H and O–H groups in total. The molecule has 1 aromatic carbocycles. The molecule has 0 saturated heterocycles. The highest BCUT2D eigenvalue weighted by molar-refractivity contribution is 6.30. The summed E-state index contributed by atoms with van der Waals surface area (Å²) in [6, 6.07) is 9.39. The third-order valence-electron chi connectivity index (χ3n) is 2.63. The topological polar surface area (TPSA) is 43.4 Å². The lowest BCUT2D eigenvalue weighted by molar-refractivity contribution is 0.174. The molecule has 1 aliphatic rings. The second kappa shape index (κ2) is 4.74. The number of rotatable bonds is 3. The smallest absolute Gasteiger partial charge is 0.231 e. The van der Waals surface area contributed by atoms with Crippen LogP contribution in [0, 0.1) is 0 Å². The largest absolute Gasteiger partial charge is 0.454 e. The van der Waals surface area contributed by atoms with Crippen molar-refractivity contribution in [2.45, 2.75) is 6.54 Å².